The molecule has 0 unspecified atom stereocenters. The van der Waals surface area contributed by atoms with Crippen LogP contribution >= 0.6 is 11.6 Å². The van der Waals surface area contributed by atoms with Crippen LogP contribution in [-0.4, -0.2) is 33.5 Å². The topological polar surface area (TPSA) is 59.2 Å². The lowest BCUT2D eigenvalue weighted by Crippen LogP contribution is -2.38. The van der Waals surface area contributed by atoms with Crippen LogP contribution in [0.3, 0.4) is 0 Å². The number of hydrogen-bond acceptors (Lipinski definition) is 4. The Morgan fingerprint density at radius 1 is 1.19 bits per heavy atom. The summed E-state index contributed by atoms with van der Waals surface area (Å²) in [5.41, 5.74) is 1.13. The van der Waals surface area contributed by atoms with Crippen molar-refractivity contribution in [2.24, 2.45) is 0 Å². The lowest BCUT2D eigenvalue weighted by molar-refractivity contribution is 0.0704. The molecule has 0 bridgehead atoms. The Kier molecular flexibility index (Phi) is 5.86. The summed E-state index contributed by atoms with van der Waals surface area (Å²) in [4.78, 5) is 18.9. The van der Waals surface area contributed by atoms with Crippen molar-refractivity contribution in [2.75, 3.05) is 6.54 Å². The molecule has 0 aliphatic heterocycles. The van der Waals surface area contributed by atoms with E-state index >= 15 is 0 Å². The van der Waals surface area contributed by atoms with Crippen LogP contribution < -0.4 is 0 Å². The van der Waals surface area contributed by atoms with Crippen molar-refractivity contribution in [3.05, 3.63) is 70.8 Å². The van der Waals surface area contributed by atoms with Gasteiger partial charge in [-0.25, -0.2) is 4.39 Å². The number of nitrogens with zero attached hydrogens (tertiary/aromatic N) is 3. The first-order valence-electron chi connectivity index (χ1n) is 8.59. The third-order valence-corrected chi connectivity index (χ3v) is 4.46. The Balaban J connectivity index is 1.71. The average Bonchev–Trinajstić information content (AvgIpc) is 3.11. The Labute approximate surface area is 161 Å². The summed E-state index contributed by atoms with van der Waals surface area (Å²) in [5.74, 6) is 0.326. The Morgan fingerprint density at radius 3 is 2.56 bits per heavy atom. The SMILES string of the molecule is CC(C)N(CCc1nc(-c2ccc(F)cc2)no1)C(=O)c1ccccc1Cl. The largest absolute Gasteiger partial charge is 0.339 e. The number of rotatable bonds is 6. The van der Waals surface area contributed by atoms with E-state index in [4.69, 9.17) is 16.1 Å². The summed E-state index contributed by atoms with van der Waals surface area (Å²) in [6.07, 6.45) is 0.405. The van der Waals surface area contributed by atoms with Crippen molar-refractivity contribution in [3.63, 3.8) is 0 Å². The zero-order chi connectivity index (χ0) is 19.4. The molecule has 3 rings (SSSR count). The molecule has 0 aliphatic rings. The summed E-state index contributed by atoms with van der Waals surface area (Å²) < 4.78 is 18.3. The van der Waals surface area contributed by atoms with Crippen LogP contribution in [0.15, 0.2) is 53.1 Å². The van der Waals surface area contributed by atoms with Gasteiger partial charge in [-0.1, -0.05) is 28.9 Å². The minimum absolute atomic E-state index is 0.0201. The maximum atomic E-state index is 13.0. The normalized spacial score (nSPS) is 11.0. The van der Waals surface area contributed by atoms with E-state index in [1.165, 1.54) is 12.1 Å². The highest BCUT2D eigenvalue weighted by molar-refractivity contribution is 6.33. The van der Waals surface area contributed by atoms with Gasteiger partial charge in [0.15, 0.2) is 0 Å². The molecule has 1 aromatic heterocycles. The third-order valence-electron chi connectivity index (χ3n) is 4.13. The maximum Gasteiger partial charge on any atom is 0.255 e. The summed E-state index contributed by atoms with van der Waals surface area (Å²) >= 11 is 6.15. The van der Waals surface area contributed by atoms with Gasteiger partial charge in [-0.15, -0.1) is 0 Å². The summed E-state index contributed by atoms with van der Waals surface area (Å²) in [5, 5.41) is 4.34. The molecule has 0 radical (unpaired) electrons. The van der Waals surface area contributed by atoms with Gasteiger partial charge in [0.05, 0.1) is 10.6 Å². The molecule has 0 spiro atoms. The molecular formula is C20H19ClFN3O2. The van der Waals surface area contributed by atoms with Crippen molar-refractivity contribution >= 4 is 17.5 Å². The molecule has 1 heterocycles. The van der Waals surface area contributed by atoms with E-state index in [1.54, 1.807) is 41.3 Å². The second-order valence-electron chi connectivity index (χ2n) is 6.34. The third kappa shape index (κ3) is 4.52. The molecule has 2 aromatic carbocycles. The summed E-state index contributed by atoms with van der Waals surface area (Å²) in [6, 6.07) is 12.8. The van der Waals surface area contributed by atoms with E-state index in [2.05, 4.69) is 10.1 Å². The van der Waals surface area contributed by atoms with E-state index < -0.39 is 0 Å². The average molecular weight is 388 g/mol. The van der Waals surface area contributed by atoms with E-state index in [-0.39, 0.29) is 17.8 Å². The monoisotopic (exact) mass is 387 g/mol. The number of carbonyl (C=O) groups excluding carboxylic acids is 1. The quantitative estimate of drug-likeness (QED) is 0.619. The van der Waals surface area contributed by atoms with Crippen LogP contribution in [0.5, 0.6) is 0 Å². The van der Waals surface area contributed by atoms with Crippen molar-refractivity contribution in [1.29, 1.82) is 0 Å². The zero-order valence-electron chi connectivity index (χ0n) is 15.0. The predicted octanol–water partition coefficient (Wildman–Crippen LogP) is 4.62. The zero-order valence-corrected chi connectivity index (χ0v) is 15.8. The van der Waals surface area contributed by atoms with Crippen LogP contribution in [0.1, 0.15) is 30.1 Å². The first-order valence-corrected chi connectivity index (χ1v) is 8.97. The molecule has 0 atom stereocenters. The minimum atomic E-state index is -0.326. The van der Waals surface area contributed by atoms with Gasteiger partial charge in [-0.2, -0.15) is 4.98 Å². The molecule has 1 amide bonds. The van der Waals surface area contributed by atoms with Crippen LogP contribution in [-0.2, 0) is 6.42 Å². The van der Waals surface area contributed by atoms with Gasteiger partial charge in [0.1, 0.15) is 5.82 Å². The molecular weight excluding hydrogens is 369 g/mol. The molecule has 140 valence electrons. The molecule has 0 saturated carbocycles. The van der Waals surface area contributed by atoms with E-state index in [0.717, 1.165) is 0 Å². The second kappa shape index (κ2) is 8.31. The fourth-order valence-corrected chi connectivity index (χ4v) is 2.89. The van der Waals surface area contributed by atoms with Gasteiger partial charge in [-0.05, 0) is 50.2 Å². The van der Waals surface area contributed by atoms with E-state index in [1.807, 2.05) is 13.8 Å². The molecule has 0 saturated heterocycles. The van der Waals surface area contributed by atoms with E-state index in [0.29, 0.717) is 40.8 Å². The van der Waals surface area contributed by atoms with Gasteiger partial charge in [-0.3, -0.25) is 4.79 Å². The molecule has 0 fully saturated rings. The maximum absolute atomic E-state index is 13.0. The highest BCUT2D eigenvalue weighted by Gasteiger charge is 2.21. The number of halogens is 2. The molecule has 0 N–H and O–H groups in total. The summed E-state index contributed by atoms with van der Waals surface area (Å²) in [7, 11) is 0. The van der Waals surface area contributed by atoms with Crippen molar-refractivity contribution in [2.45, 2.75) is 26.3 Å². The highest BCUT2D eigenvalue weighted by atomic mass is 35.5. The fraction of sp³-hybridized carbons (Fsp3) is 0.250. The van der Waals surface area contributed by atoms with Crippen molar-refractivity contribution in [1.82, 2.24) is 15.0 Å². The van der Waals surface area contributed by atoms with Gasteiger partial charge in [0.25, 0.3) is 5.91 Å². The second-order valence-corrected chi connectivity index (χ2v) is 6.75. The fourth-order valence-electron chi connectivity index (χ4n) is 2.67. The molecule has 27 heavy (non-hydrogen) atoms. The molecule has 7 heteroatoms. The number of carbonyl (C=O) groups is 1. The number of amides is 1. The van der Waals surface area contributed by atoms with Gasteiger partial charge in [0, 0.05) is 24.6 Å². The van der Waals surface area contributed by atoms with Crippen LogP contribution in [0.25, 0.3) is 11.4 Å². The number of benzene rings is 2. The molecule has 0 aliphatic carbocycles. The van der Waals surface area contributed by atoms with Gasteiger partial charge < -0.3 is 9.42 Å². The van der Waals surface area contributed by atoms with Crippen LogP contribution in [0, 0.1) is 5.82 Å². The smallest absolute Gasteiger partial charge is 0.255 e. The lowest BCUT2D eigenvalue weighted by Gasteiger charge is -2.26. The highest BCUT2D eigenvalue weighted by Crippen LogP contribution is 2.20. The standard InChI is InChI=1S/C20H19ClFN3O2/c1-13(2)25(20(26)16-5-3-4-6-17(16)21)12-11-18-23-19(24-27-18)14-7-9-15(22)10-8-14/h3-10,13H,11-12H2,1-2H3. The number of hydrogen-bond donors (Lipinski definition) is 0. The van der Waals surface area contributed by atoms with Crippen molar-refractivity contribution in [3.8, 4) is 11.4 Å². The Hall–Kier alpha value is -2.73. The van der Waals surface area contributed by atoms with Gasteiger partial charge in [0.2, 0.25) is 11.7 Å². The van der Waals surface area contributed by atoms with Crippen LogP contribution in [0.2, 0.25) is 5.02 Å². The molecule has 5 nitrogen and oxygen atoms in total. The van der Waals surface area contributed by atoms with E-state index in [9.17, 15) is 9.18 Å². The van der Waals surface area contributed by atoms with Crippen LogP contribution in [0.4, 0.5) is 4.39 Å². The number of aromatic nitrogens is 2. The Bertz CT molecular complexity index is 925. The minimum Gasteiger partial charge on any atom is -0.339 e. The first kappa shape index (κ1) is 19.0. The Morgan fingerprint density at radius 2 is 1.89 bits per heavy atom. The molecule has 3 aromatic rings. The first-order chi connectivity index (χ1) is 13.0. The summed E-state index contributed by atoms with van der Waals surface area (Å²) in [6.45, 7) is 4.28. The van der Waals surface area contributed by atoms with Crippen molar-refractivity contribution < 1.29 is 13.7 Å². The lowest BCUT2D eigenvalue weighted by atomic mass is 10.1. The van der Waals surface area contributed by atoms with Gasteiger partial charge >= 0.3 is 0 Å². The predicted molar refractivity (Wildman–Crippen MR) is 101 cm³/mol.